The molecule has 1 aromatic rings. The minimum Gasteiger partial charge on any atom is -0.377 e. The molecule has 0 aliphatic carbocycles. The number of ether oxygens (including phenoxy) is 1. The van der Waals surface area contributed by atoms with Crippen LogP contribution in [-0.2, 0) is 17.8 Å². The summed E-state index contributed by atoms with van der Waals surface area (Å²) in [6.07, 6.45) is 8.40. The third-order valence-electron chi connectivity index (χ3n) is 5.44. The maximum Gasteiger partial charge on any atom is 0.191 e. The molecule has 0 spiro atoms. The number of hydrogen-bond acceptors (Lipinski definition) is 3. The van der Waals surface area contributed by atoms with Crippen LogP contribution in [0.4, 0.5) is 0 Å². The molecule has 2 heterocycles. The molecule has 2 aliphatic heterocycles. The van der Waals surface area contributed by atoms with Crippen molar-refractivity contribution in [1.82, 2.24) is 15.5 Å². The fourth-order valence-corrected chi connectivity index (χ4v) is 3.77. The zero-order valence-electron chi connectivity index (χ0n) is 17.4. The number of nitrogens with zero attached hydrogens (tertiary/aromatic N) is 2. The first-order valence-electron chi connectivity index (χ1n) is 10.9. The van der Waals surface area contributed by atoms with Gasteiger partial charge in [-0.15, -0.1) is 0 Å². The maximum atomic E-state index is 5.37. The first-order chi connectivity index (χ1) is 13.8. The Morgan fingerprint density at radius 2 is 1.86 bits per heavy atom. The molecule has 28 heavy (non-hydrogen) atoms. The second-order valence-electron chi connectivity index (χ2n) is 7.71. The minimum atomic E-state index is 0.704. The zero-order chi connectivity index (χ0) is 19.4. The second kappa shape index (κ2) is 11.9. The molecule has 3 rings (SSSR count). The Morgan fingerprint density at radius 3 is 2.57 bits per heavy atom. The lowest BCUT2D eigenvalue weighted by Gasteiger charge is -2.26. The smallest absolute Gasteiger partial charge is 0.191 e. The van der Waals surface area contributed by atoms with Crippen LogP contribution in [0.2, 0.25) is 0 Å². The van der Waals surface area contributed by atoms with Gasteiger partial charge in [0.2, 0.25) is 0 Å². The third kappa shape index (κ3) is 7.28. The van der Waals surface area contributed by atoms with Crippen LogP contribution in [0.15, 0.2) is 40.9 Å². The van der Waals surface area contributed by atoms with Gasteiger partial charge in [0.15, 0.2) is 5.96 Å². The van der Waals surface area contributed by atoms with Crippen molar-refractivity contribution in [2.75, 3.05) is 39.4 Å². The zero-order valence-corrected chi connectivity index (χ0v) is 17.4. The molecular formula is C23H36N4O. The molecule has 0 amide bonds. The molecule has 1 aromatic carbocycles. The van der Waals surface area contributed by atoms with Crippen molar-refractivity contribution in [2.24, 2.45) is 4.99 Å². The number of rotatable bonds is 8. The topological polar surface area (TPSA) is 48.9 Å². The van der Waals surface area contributed by atoms with E-state index in [1.165, 1.54) is 49.1 Å². The molecule has 0 saturated carbocycles. The van der Waals surface area contributed by atoms with Gasteiger partial charge in [0.05, 0.1) is 19.8 Å². The van der Waals surface area contributed by atoms with Crippen molar-refractivity contribution in [3.05, 3.63) is 47.0 Å². The Bertz CT molecular complexity index is 633. The quantitative estimate of drug-likeness (QED) is 0.409. The van der Waals surface area contributed by atoms with E-state index >= 15 is 0 Å². The van der Waals surface area contributed by atoms with E-state index in [9.17, 15) is 0 Å². The van der Waals surface area contributed by atoms with Gasteiger partial charge in [0, 0.05) is 19.6 Å². The van der Waals surface area contributed by atoms with Crippen molar-refractivity contribution in [3.63, 3.8) is 0 Å². The van der Waals surface area contributed by atoms with E-state index in [2.05, 4.69) is 52.8 Å². The molecule has 2 aliphatic rings. The molecule has 1 saturated heterocycles. The Hall–Kier alpha value is -1.85. The van der Waals surface area contributed by atoms with E-state index in [-0.39, 0.29) is 0 Å². The molecular weight excluding hydrogens is 348 g/mol. The molecule has 5 nitrogen and oxygen atoms in total. The van der Waals surface area contributed by atoms with Gasteiger partial charge in [-0.25, -0.2) is 4.99 Å². The Labute approximate surface area is 170 Å². The monoisotopic (exact) mass is 384 g/mol. The average molecular weight is 385 g/mol. The van der Waals surface area contributed by atoms with Gasteiger partial charge in [0.25, 0.3) is 0 Å². The Kier molecular flexibility index (Phi) is 8.85. The summed E-state index contributed by atoms with van der Waals surface area (Å²) < 4.78 is 5.37. The number of nitrogens with one attached hydrogen (secondary N) is 2. The molecule has 5 heteroatoms. The number of guanidine groups is 1. The van der Waals surface area contributed by atoms with Crippen molar-refractivity contribution in [3.8, 4) is 0 Å². The van der Waals surface area contributed by atoms with Crippen LogP contribution in [0.5, 0.6) is 0 Å². The Morgan fingerprint density at radius 1 is 1.07 bits per heavy atom. The van der Waals surface area contributed by atoms with E-state index in [1.807, 2.05) is 0 Å². The molecule has 2 N–H and O–H groups in total. The van der Waals surface area contributed by atoms with Crippen molar-refractivity contribution in [2.45, 2.75) is 52.1 Å². The highest BCUT2D eigenvalue weighted by molar-refractivity contribution is 5.79. The van der Waals surface area contributed by atoms with E-state index in [4.69, 9.17) is 9.73 Å². The highest BCUT2D eigenvalue weighted by atomic mass is 16.5. The summed E-state index contributed by atoms with van der Waals surface area (Å²) in [6.45, 7) is 9.77. The normalized spacial score (nSPS) is 18.6. The van der Waals surface area contributed by atoms with Gasteiger partial charge in [-0.2, -0.15) is 0 Å². The molecule has 0 aromatic heterocycles. The average Bonchev–Trinajstić information content (AvgIpc) is 2.74. The second-order valence-corrected chi connectivity index (χ2v) is 7.71. The van der Waals surface area contributed by atoms with Crippen LogP contribution in [0.1, 0.15) is 50.2 Å². The van der Waals surface area contributed by atoms with E-state index in [1.54, 1.807) is 0 Å². The van der Waals surface area contributed by atoms with Gasteiger partial charge in [-0.1, -0.05) is 42.3 Å². The standard InChI is InChI=1S/C23H36N4O/c1-2-24-23(25-13-10-20-11-16-28-17-12-20)26-18-21-6-8-22(9-7-21)19-27-14-4-3-5-15-27/h6-9,11H,2-5,10,12-19H2,1H3,(H2,24,25,26). The predicted molar refractivity (Wildman–Crippen MR) is 117 cm³/mol. The molecule has 154 valence electrons. The first kappa shape index (κ1) is 20.9. The highest BCUT2D eigenvalue weighted by Crippen LogP contribution is 2.14. The highest BCUT2D eigenvalue weighted by Gasteiger charge is 2.10. The van der Waals surface area contributed by atoms with Crippen LogP contribution in [0, 0.1) is 0 Å². The lowest BCUT2D eigenvalue weighted by atomic mass is 10.1. The SMILES string of the molecule is CCNC(=NCc1ccc(CN2CCCCC2)cc1)NCCC1=CCOCC1. The van der Waals surface area contributed by atoms with Gasteiger partial charge in [0.1, 0.15) is 0 Å². The van der Waals surface area contributed by atoms with Crippen molar-refractivity contribution in [1.29, 1.82) is 0 Å². The van der Waals surface area contributed by atoms with Crippen LogP contribution in [-0.4, -0.2) is 50.3 Å². The largest absolute Gasteiger partial charge is 0.377 e. The summed E-state index contributed by atoms with van der Waals surface area (Å²) >= 11 is 0. The van der Waals surface area contributed by atoms with Gasteiger partial charge < -0.3 is 15.4 Å². The summed E-state index contributed by atoms with van der Waals surface area (Å²) in [5.74, 6) is 0.896. The summed E-state index contributed by atoms with van der Waals surface area (Å²) in [5.41, 5.74) is 4.15. The maximum absolute atomic E-state index is 5.37. The fraction of sp³-hybridized carbons (Fsp3) is 0.609. The number of benzene rings is 1. The van der Waals surface area contributed by atoms with E-state index < -0.39 is 0 Å². The van der Waals surface area contributed by atoms with Gasteiger partial charge >= 0.3 is 0 Å². The lowest BCUT2D eigenvalue weighted by Crippen LogP contribution is -2.38. The number of aliphatic imine (C=N–C) groups is 1. The van der Waals surface area contributed by atoms with Crippen LogP contribution >= 0.6 is 0 Å². The van der Waals surface area contributed by atoms with E-state index in [0.717, 1.165) is 51.6 Å². The Balaban J connectivity index is 1.45. The fourth-order valence-electron chi connectivity index (χ4n) is 3.77. The minimum absolute atomic E-state index is 0.704. The number of hydrogen-bond donors (Lipinski definition) is 2. The predicted octanol–water partition coefficient (Wildman–Crippen LogP) is 3.46. The van der Waals surface area contributed by atoms with Crippen LogP contribution in [0.3, 0.4) is 0 Å². The molecule has 0 unspecified atom stereocenters. The van der Waals surface area contributed by atoms with E-state index in [0.29, 0.717) is 6.54 Å². The number of piperidine rings is 1. The summed E-state index contributed by atoms with van der Waals surface area (Å²) in [6, 6.07) is 8.97. The molecule has 0 radical (unpaired) electrons. The van der Waals surface area contributed by atoms with Gasteiger partial charge in [-0.3, -0.25) is 4.90 Å². The first-order valence-corrected chi connectivity index (χ1v) is 10.9. The third-order valence-corrected chi connectivity index (χ3v) is 5.44. The van der Waals surface area contributed by atoms with Crippen molar-refractivity contribution >= 4 is 5.96 Å². The molecule has 0 atom stereocenters. The summed E-state index contributed by atoms with van der Waals surface area (Å²) in [7, 11) is 0. The number of likely N-dealkylation sites (tertiary alicyclic amines) is 1. The molecule has 1 fully saturated rings. The molecule has 0 bridgehead atoms. The van der Waals surface area contributed by atoms with Crippen molar-refractivity contribution < 1.29 is 4.74 Å². The van der Waals surface area contributed by atoms with Crippen LogP contribution in [0.25, 0.3) is 0 Å². The summed E-state index contributed by atoms with van der Waals surface area (Å²) in [5, 5.41) is 6.80. The summed E-state index contributed by atoms with van der Waals surface area (Å²) in [4.78, 5) is 7.32. The van der Waals surface area contributed by atoms with Crippen LogP contribution < -0.4 is 10.6 Å². The lowest BCUT2D eigenvalue weighted by molar-refractivity contribution is 0.153. The van der Waals surface area contributed by atoms with Gasteiger partial charge in [-0.05, 0) is 56.8 Å².